The zero-order valence-corrected chi connectivity index (χ0v) is 15.7. The van der Waals surface area contributed by atoms with Crippen molar-refractivity contribution in [1.82, 2.24) is 24.6 Å². The first-order valence-corrected chi connectivity index (χ1v) is 9.65. The van der Waals surface area contributed by atoms with Gasteiger partial charge in [-0.05, 0) is 43.7 Å². The molecule has 0 fully saturated rings. The van der Waals surface area contributed by atoms with E-state index in [4.69, 9.17) is 0 Å². The first kappa shape index (κ1) is 16.9. The molecule has 1 aromatic carbocycles. The van der Waals surface area contributed by atoms with Gasteiger partial charge in [0.05, 0.1) is 23.1 Å². The summed E-state index contributed by atoms with van der Waals surface area (Å²) in [6, 6.07) is 8.24. The molecule has 5 rings (SSSR count). The van der Waals surface area contributed by atoms with Gasteiger partial charge in [0.1, 0.15) is 0 Å². The van der Waals surface area contributed by atoms with E-state index in [1.807, 2.05) is 24.0 Å². The van der Waals surface area contributed by atoms with Crippen molar-refractivity contribution in [3.05, 3.63) is 74.5 Å². The van der Waals surface area contributed by atoms with Crippen LogP contribution in [-0.2, 0) is 25.8 Å². The monoisotopic (exact) mass is 375 g/mol. The van der Waals surface area contributed by atoms with E-state index < -0.39 is 0 Å². The summed E-state index contributed by atoms with van der Waals surface area (Å²) in [5.41, 5.74) is 5.24. The summed E-state index contributed by atoms with van der Waals surface area (Å²) in [6.07, 6.45) is 4.97. The number of benzene rings is 1. The van der Waals surface area contributed by atoms with Gasteiger partial charge in [0.2, 0.25) is 5.95 Å². The molecule has 2 aliphatic rings. The van der Waals surface area contributed by atoms with Crippen LogP contribution in [-0.4, -0.2) is 37.1 Å². The highest BCUT2D eigenvalue weighted by Crippen LogP contribution is 2.22. The molecule has 0 bridgehead atoms. The number of fused-ring (bicyclic) bond motifs is 2. The van der Waals surface area contributed by atoms with Crippen LogP contribution in [0.5, 0.6) is 0 Å². The molecule has 3 heterocycles. The number of nitrogens with one attached hydrogen (secondary N) is 1. The minimum Gasteiger partial charge on any atom is -0.334 e. The molecular weight excluding hydrogens is 354 g/mol. The molecule has 0 spiro atoms. The fraction of sp³-hybridized carbons (Fsp3) is 0.333. The van der Waals surface area contributed by atoms with Gasteiger partial charge in [-0.2, -0.15) is 5.10 Å². The molecule has 0 radical (unpaired) electrons. The van der Waals surface area contributed by atoms with Gasteiger partial charge in [0.15, 0.2) is 0 Å². The van der Waals surface area contributed by atoms with Crippen LogP contribution >= 0.6 is 0 Å². The Kier molecular flexibility index (Phi) is 3.89. The maximum Gasteiger partial charge on any atom is 0.257 e. The molecule has 2 aromatic heterocycles. The van der Waals surface area contributed by atoms with Crippen LogP contribution in [0.4, 0.5) is 0 Å². The lowest BCUT2D eigenvalue weighted by atomic mass is 9.99. The summed E-state index contributed by atoms with van der Waals surface area (Å²) in [5, 5.41) is 4.35. The van der Waals surface area contributed by atoms with Crippen molar-refractivity contribution in [2.45, 2.75) is 39.2 Å². The second kappa shape index (κ2) is 6.44. The van der Waals surface area contributed by atoms with E-state index in [0.717, 1.165) is 36.9 Å². The largest absolute Gasteiger partial charge is 0.334 e. The van der Waals surface area contributed by atoms with Gasteiger partial charge in [-0.3, -0.25) is 14.6 Å². The first-order valence-electron chi connectivity index (χ1n) is 9.65. The minimum absolute atomic E-state index is 0.0400. The highest BCUT2D eigenvalue weighted by atomic mass is 16.2. The topological polar surface area (TPSA) is 83.9 Å². The van der Waals surface area contributed by atoms with Crippen LogP contribution in [0, 0.1) is 6.92 Å². The fourth-order valence-corrected chi connectivity index (χ4v) is 4.20. The third-order valence-corrected chi connectivity index (χ3v) is 5.79. The molecule has 1 aliphatic heterocycles. The molecule has 1 N–H and O–H groups in total. The van der Waals surface area contributed by atoms with E-state index in [2.05, 4.69) is 27.2 Å². The lowest BCUT2D eigenvalue weighted by molar-refractivity contribution is 0.0734. The summed E-state index contributed by atoms with van der Waals surface area (Å²) in [4.78, 5) is 34.7. The van der Waals surface area contributed by atoms with Crippen LogP contribution in [0.15, 0.2) is 35.3 Å². The molecule has 1 aliphatic carbocycles. The number of aromatic amines is 1. The Labute approximate surface area is 162 Å². The molecule has 1 amide bonds. The third kappa shape index (κ3) is 2.66. The molecule has 3 aromatic rings. The summed E-state index contributed by atoms with van der Waals surface area (Å²) in [7, 11) is 0. The highest BCUT2D eigenvalue weighted by molar-refractivity contribution is 5.95. The maximum absolute atomic E-state index is 13.1. The first-order chi connectivity index (χ1) is 13.6. The van der Waals surface area contributed by atoms with Gasteiger partial charge in [0.25, 0.3) is 11.5 Å². The van der Waals surface area contributed by atoms with Crippen molar-refractivity contribution in [3.63, 3.8) is 0 Å². The normalized spacial score (nSPS) is 15.4. The molecule has 7 nitrogen and oxygen atoms in total. The number of amides is 1. The molecule has 28 heavy (non-hydrogen) atoms. The van der Waals surface area contributed by atoms with Gasteiger partial charge >= 0.3 is 0 Å². The van der Waals surface area contributed by atoms with E-state index in [-0.39, 0.29) is 11.5 Å². The van der Waals surface area contributed by atoms with Crippen LogP contribution in [0.3, 0.4) is 0 Å². The molecule has 0 unspecified atom stereocenters. The van der Waals surface area contributed by atoms with Crippen molar-refractivity contribution < 1.29 is 4.79 Å². The Morgan fingerprint density at radius 2 is 1.96 bits per heavy atom. The standard InChI is InChI=1S/C21H21N5O2/c1-13-17(20(28)25-10-9-14-5-2-3-6-15(14)12-25)11-22-26(13)21-23-18-8-4-7-16(18)19(27)24-21/h2-3,5-6,11H,4,7-10,12H2,1H3,(H,23,24,27). The average molecular weight is 375 g/mol. The van der Waals surface area contributed by atoms with Crippen LogP contribution in [0.2, 0.25) is 0 Å². The zero-order chi connectivity index (χ0) is 19.3. The van der Waals surface area contributed by atoms with Crippen molar-refractivity contribution in [3.8, 4) is 5.95 Å². The number of carbonyl (C=O) groups is 1. The average Bonchev–Trinajstić information content (AvgIpc) is 3.34. The zero-order valence-electron chi connectivity index (χ0n) is 15.7. The predicted molar refractivity (Wildman–Crippen MR) is 104 cm³/mol. The SMILES string of the molecule is Cc1c(C(=O)N2CCc3ccccc3C2)cnn1-c1nc2c(c(=O)[nH]1)CCC2. The quantitative estimate of drug-likeness (QED) is 0.742. The Hall–Kier alpha value is -3.22. The lowest BCUT2D eigenvalue weighted by Gasteiger charge is -2.28. The van der Waals surface area contributed by atoms with Crippen molar-refractivity contribution in [1.29, 1.82) is 0 Å². The Balaban J connectivity index is 1.46. The summed E-state index contributed by atoms with van der Waals surface area (Å²) in [6.45, 7) is 3.13. The molecule has 0 saturated carbocycles. The second-order valence-corrected chi connectivity index (χ2v) is 7.47. The number of carbonyl (C=O) groups excluding carboxylic acids is 1. The molecule has 0 atom stereocenters. The number of hydrogen-bond acceptors (Lipinski definition) is 4. The maximum atomic E-state index is 13.1. The number of rotatable bonds is 2. The van der Waals surface area contributed by atoms with E-state index in [9.17, 15) is 9.59 Å². The summed E-state index contributed by atoms with van der Waals surface area (Å²) in [5.74, 6) is 0.341. The van der Waals surface area contributed by atoms with Gasteiger partial charge in [-0.15, -0.1) is 0 Å². The second-order valence-electron chi connectivity index (χ2n) is 7.47. The summed E-state index contributed by atoms with van der Waals surface area (Å²) >= 11 is 0. The third-order valence-electron chi connectivity index (χ3n) is 5.79. The van der Waals surface area contributed by atoms with Gasteiger partial charge in [-0.25, -0.2) is 9.67 Å². The van der Waals surface area contributed by atoms with Crippen molar-refractivity contribution in [2.24, 2.45) is 0 Å². The van der Waals surface area contributed by atoms with Gasteiger partial charge in [0, 0.05) is 18.7 Å². The van der Waals surface area contributed by atoms with E-state index >= 15 is 0 Å². The van der Waals surface area contributed by atoms with Crippen LogP contribution < -0.4 is 5.56 Å². The number of hydrogen-bond donors (Lipinski definition) is 1. The van der Waals surface area contributed by atoms with E-state index in [1.165, 1.54) is 11.1 Å². The van der Waals surface area contributed by atoms with E-state index in [1.54, 1.807) is 10.9 Å². The summed E-state index contributed by atoms with van der Waals surface area (Å²) < 4.78 is 1.56. The number of nitrogens with zero attached hydrogens (tertiary/aromatic N) is 4. The van der Waals surface area contributed by atoms with Crippen molar-refractivity contribution >= 4 is 5.91 Å². The van der Waals surface area contributed by atoms with E-state index in [0.29, 0.717) is 30.3 Å². The highest BCUT2D eigenvalue weighted by Gasteiger charge is 2.26. The minimum atomic E-state index is -0.104. The Morgan fingerprint density at radius 3 is 2.82 bits per heavy atom. The fourth-order valence-electron chi connectivity index (χ4n) is 4.20. The Morgan fingerprint density at radius 1 is 1.14 bits per heavy atom. The van der Waals surface area contributed by atoms with Crippen LogP contribution in [0.25, 0.3) is 5.95 Å². The molecule has 142 valence electrons. The molecule has 0 saturated heterocycles. The van der Waals surface area contributed by atoms with Crippen LogP contribution in [0.1, 0.15) is 44.9 Å². The smallest absolute Gasteiger partial charge is 0.257 e. The van der Waals surface area contributed by atoms with Crippen molar-refractivity contribution in [2.75, 3.05) is 6.54 Å². The number of aromatic nitrogens is 4. The lowest BCUT2D eigenvalue weighted by Crippen LogP contribution is -2.36. The Bertz CT molecular complexity index is 1140. The van der Waals surface area contributed by atoms with Gasteiger partial charge in [-0.1, -0.05) is 24.3 Å². The number of aryl methyl sites for hydroxylation is 1. The molecule has 7 heteroatoms. The van der Waals surface area contributed by atoms with Gasteiger partial charge < -0.3 is 4.90 Å². The molecular formula is C21H21N5O2. The predicted octanol–water partition coefficient (Wildman–Crippen LogP) is 1.95. The number of H-pyrrole nitrogens is 1.